The van der Waals surface area contributed by atoms with E-state index in [1.54, 1.807) is 11.8 Å². The van der Waals surface area contributed by atoms with Crippen LogP contribution < -0.4 is 4.74 Å². The van der Waals surface area contributed by atoms with Crippen LogP contribution in [-0.2, 0) is 0 Å². The Hall–Kier alpha value is -5.72. The van der Waals surface area contributed by atoms with E-state index in [9.17, 15) is 0 Å². The molecular formula is C39H23N3O2S. The van der Waals surface area contributed by atoms with Gasteiger partial charge in [-0.3, -0.25) is 0 Å². The zero-order valence-electron chi connectivity index (χ0n) is 23.8. The molecular weight excluding hydrogens is 575 g/mol. The van der Waals surface area contributed by atoms with Crippen LogP contribution in [0.25, 0.3) is 67.2 Å². The quantitative estimate of drug-likeness (QED) is 0.201. The van der Waals surface area contributed by atoms with Gasteiger partial charge in [0.15, 0.2) is 17.5 Å². The largest absolute Gasteiger partial charge is 0.456 e. The highest BCUT2D eigenvalue weighted by atomic mass is 32.2. The Morgan fingerprint density at radius 2 is 1.09 bits per heavy atom. The number of aromatic nitrogens is 3. The van der Waals surface area contributed by atoms with Crippen molar-refractivity contribution >= 4 is 33.7 Å². The molecule has 0 bridgehead atoms. The molecule has 212 valence electrons. The predicted molar refractivity (Wildman–Crippen MR) is 179 cm³/mol. The molecule has 5 nitrogen and oxygen atoms in total. The summed E-state index contributed by atoms with van der Waals surface area (Å²) in [4.78, 5) is 17.1. The Morgan fingerprint density at radius 1 is 0.444 bits per heavy atom. The van der Waals surface area contributed by atoms with Gasteiger partial charge in [-0.15, -0.1) is 0 Å². The first-order chi connectivity index (χ1) is 22.3. The molecule has 0 saturated carbocycles. The fraction of sp³-hybridized carbons (Fsp3) is 0. The Labute approximate surface area is 263 Å². The van der Waals surface area contributed by atoms with Crippen LogP contribution in [-0.4, -0.2) is 15.0 Å². The van der Waals surface area contributed by atoms with Gasteiger partial charge >= 0.3 is 0 Å². The average molecular weight is 598 g/mol. The van der Waals surface area contributed by atoms with Crippen molar-refractivity contribution in [2.24, 2.45) is 0 Å². The molecule has 8 aromatic rings. The zero-order chi connectivity index (χ0) is 29.7. The lowest BCUT2D eigenvalue weighted by atomic mass is 10.0. The summed E-state index contributed by atoms with van der Waals surface area (Å²) in [6.45, 7) is 0. The fourth-order valence-electron chi connectivity index (χ4n) is 5.83. The number of rotatable bonds is 4. The molecule has 9 rings (SSSR count). The van der Waals surface area contributed by atoms with E-state index >= 15 is 0 Å². The topological polar surface area (TPSA) is 61.0 Å². The number of ether oxygens (including phenoxy) is 1. The molecule has 0 spiro atoms. The van der Waals surface area contributed by atoms with Gasteiger partial charge in [0, 0.05) is 27.5 Å². The first kappa shape index (κ1) is 25.7. The summed E-state index contributed by atoms with van der Waals surface area (Å²) in [7, 11) is 0. The third-order valence-corrected chi connectivity index (χ3v) is 9.10. The van der Waals surface area contributed by atoms with Crippen molar-refractivity contribution in [1.82, 2.24) is 15.0 Å². The van der Waals surface area contributed by atoms with Crippen molar-refractivity contribution < 1.29 is 9.15 Å². The van der Waals surface area contributed by atoms with Gasteiger partial charge in [0.1, 0.15) is 22.7 Å². The average Bonchev–Trinajstić information content (AvgIpc) is 3.49. The SMILES string of the molecule is c1ccc(-c2nc(-c3ccccc3)nc(-c3cccc4oc5ccc(-c6ccc7c(c6)Sc6ccccc6O7)cc5c34)n2)cc1. The number of furan rings is 1. The maximum Gasteiger partial charge on any atom is 0.164 e. The molecule has 6 aromatic carbocycles. The van der Waals surface area contributed by atoms with E-state index in [1.165, 1.54) is 0 Å². The monoisotopic (exact) mass is 597 g/mol. The fourth-order valence-corrected chi connectivity index (χ4v) is 6.82. The maximum absolute atomic E-state index is 6.37. The van der Waals surface area contributed by atoms with E-state index < -0.39 is 0 Å². The van der Waals surface area contributed by atoms with Gasteiger partial charge in [-0.1, -0.05) is 109 Å². The second kappa shape index (κ2) is 10.5. The predicted octanol–water partition coefficient (Wildman–Crippen LogP) is 10.7. The van der Waals surface area contributed by atoms with Gasteiger partial charge in [-0.05, 0) is 53.6 Å². The van der Waals surface area contributed by atoms with Crippen molar-refractivity contribution in [3.05, 3.63) is 140 Å². The molecule has 3 heterocycles. The number of nitrogens with zero attached hydrogens (tertiary/aromatic N) is 3. The van der Waals surface area contributed by atoms with Crippen LogP contribution in [0.1, 0.15) is 0 Å². The number of benzene rings is 6. The van der Waals surface area contributed by atoms with Crippen LogP contribution in [0.15, 0.2) is 154 Å². The third-order valence-electron chi connectivity index (χ3n) is 8.00. The molecule has 0 fully saturated rings. The highest BCUT2D eigenvalue weighted by molar-refractivity contribution is 7.99. The molecule has 2 aromatic heterocycles. The zero-order valence-corrected chi connectivity index (χ0v) is 24.7. The molecule has 0 aliphatic carbocycles. The maximum atomic E-state index is 6.37. The molecule has 0 unspecified atom stereocenters. The molecule has 1 aliphatic heterocycles. The van der Waals surface area contributed by atoms with Crippen LogP contribution in [0.3, 0.4) is 0 Å². The highest BCUT2D eigenvalue weighted by Gasteiger charge is 2.20. The molecule has 0 amide bonds. The van der Waals surface area contributed by atoms with E-state index in [0.29, 0.717) is 17.5 Å². The highest BCUT2D eigenvalue weighted by Crippen LogP contribution is 2.48. The number of hydrogen-bond acceptors (Lipinski definition) is 6. The Kier molecular flexibility index (Phi) is 5.99. The van der Waals surface area contributed by atoms with Crippen molar-refractivity contribution in [3.8, 4) is 56.8 Å². The lowest BCUT2D eigenvalue weighted by Gasteiger charge is -2.20. The summed E-state index contributed by atoms with van der Waals surface area (Å²) in [6.07, 6.45) is 0. The van der Waals surface area contributed by atoms with Gasteiger partial charge in [0.05, 0.1) is 9.79 Å². The normalized spacial score (nSPS) is 12.1. The lowest BCUT2D eigenvalue weighted by Crippen LogP contribution is -2.00. The number of fused-ring (bicyclic) bond motifs is 5. The molecule has 6 heteroatoms. The van der Waals surface area contributed by atoms with Crippen LogP contribution in [0.4, 0.5) is 0 Å². The van der Waals surface area contributed by atoms with Crippen LogP contribution in [0.5, 0.6) is 11.5 Å². The summed E-state index contributed by atoms with van der Waals surface area (Å²) in [5.41, 5.74) is 6.55. The minimum absolute atomic E-state index is 0.599. The summed E-state index contributed by atoms with van der Waals surface area (Å²) >= 11 is 1.73. The first-order valence-corrected chi connectivity index (χ1v) is 15.5. The van der Waals surface area contributed by atoms with E-state index in [0.717, 1.165) is 71.0 Å². The van der Waals surface area contributed by atoms with Crippen LogP contribution in [0, 0.1) is 0 Å². The molecule has 1 aliphatic rings. The van der Waals surface area contributed by atoms with Gasteiger partial charge in [-0.25, -0.2) is 15.0 Å². The second-order valence-electron chi connectivity index (χ2n) is 10.8. The van der Waals surface area contributed by atoms with Gasteiger partial charge in [0.2, 0.25) is 0 Å². The minimum Gasteiger partial charge on any atom is -0.456 e. The minimum atomic E-state index is 0.599. The van der Waals surface area contributed by atoms with Crippen molar-refractivity contribution in [3.63, 3.8) is 0 Å². The van der Waals surface area contributed by atoms with E-state index in [-0.39, 0.29) is 0 Å². The summed E-state index contributed by atoms with van der Waals surface area (Å²) in [5.74, 6) is 3.62. The standard InChI is InChI=1S/C39H23N3O2S/c1-3-10-24(11-4-1)37-40-38(25-12-5-2-6-13-25)42-39(41-37)28-14-9-16-33-36(28)29-22-26(18-20-30(29)43-33)27-19-21-32-35(23-27)45-34-17-8-7-15-31(34)44-32/h1-23H. The van der Waals surface area contributed by atoms with E-state index in [4.69, 9.17) is 24.1 Å². The van der Waals surface area contributed by atoms with E-state index in [1.807, 2.05) is 97.1 Å². The van der Waals surface area contributed by atoms with Crippen LogP contribution >= 0.6 is 11.8 Å². The van der Waals surface area contributed by atoms with Gasteiger partial charge in [0.25, 0.3) is 0 Å². The molecule has 45 heavy (non-hydrogen) atoms. The number of para-hydroxylation sites is 1. The van der Waals surface area contributed by atoms with Crippen molar-refractivity contribution in [1.29, 1.82) is 0 Å². The van der Waals surface area contributed by atoms with Crippen molar-refractivity contribution in [2.75, 3.05) is 0 Å². The molecule has 0 radical (unpaired) electrons. The Morgan fingerprint density at radius 3 is 1.87 bits per heavy atom. The Balaban J connectivity index is 1.20. The van der Waals surface area contributed by atoms with E-state index in [2.05, 4.69) is 42.5 Å². The molecule has 0 N–H and O–H groups in total. The summed E-state index contributed by atoms with van der Waals surface area (Å²) in [5, 5.41) is 1.98. The molecule has 0 atom stereocenters. The smallest absolute Gasteiger partial charge is 0.164 e. The second-order valence-corrected chi connectivity index (χ2v) is 11.9. The van der Waals surface area contributed by atoms with Crippen molar-refractivity contribution in [2.45, 2.75) is 9.79 Å². The summed E-state index contributed by atoms with van der Waals surface area (Å²) in [6, 6.07) is 47.0. The van der Waals surface area contributed by atoms with Gasteiger partial charge in [-0.2, -0.15) is 0 Å². The number of hydrogen-bond donors (Lipinski definition) is 0. The van der Waals surface area contributed by atoms with Gasteiger partial charge < -0.3 is 9.15 Å². The molecule has 0 saturated heterocycles. The Bertz CT molecular complexity index is 2330. The van der Waals surface area contributed by atoms with Crippen LogP contribution in [0.2, 0.25) is 0 Å². The summed E-state index contributed by atoms with van der Waals surface area (Å²) < 4.78 is 12.5. The first-order valence-electron chi connectivity index (χ1n) is 14.7. The third kappa shape index (κ3) is 4.55. The lowest BCUT2D eigenvalue weighted by molar-refractivity contribution is 0.454.